The van der Waals surface area contributed by atoms with Crippen molar-refractivity contribution in [3.05, 3.63) is 12.2 Å². The lowest BCUT2D eigenvalue weighted by molar-refractivity contribution is -0.131. The first-order chi connectivity index (χ1) is 7.99. The molecule has 1 saturated heterocycles. The number of piperazine rings is 1. The van der Waals surface area contributed by atoms with Crippen LogP contribution in [0.25, 0.3) is 0 Å². The number of rotatable bonds is 2. The predicted octanol–water partition coefficient (Wildman–Crippen LogP) is -1.70. The minimum Gasteiger partial charge on any atom is -0.478 e. The van der Waals surface area contributed by atoms with E-state index in [0.29, 0.717) is 19.2 Å². The fraction of sp³-hybridized carbons (Fsp3) is 0.333. The standard InChI is InChI=1S/C9H11N3O5/c13-6(1-2-8(15)16)11-9(17)12-4-3-10-7(14)5-12/h1-2H,3-5H2,(H,10,14)(H,15,16)(H,11,13,17)/b2-1+. The maximum Gasteiger partial charge on any atom is 0.328 e. The maximum atomic E-state index is 11.4. The summed E-state index contributed by atoms with van der Waals surface area (Å²) in [5, 5.41) is 12.7. The van der Waals surface area contributed by atoms with E-state index in [0.717, 1.165) is 11.0 Å². The predicted molar refractivity (Wildman–Crippen MR) is 54.9 cm³/mol. The van der Waals surface area contributed by atoms with E-state index in [1.807, 2.05) is 5.32 Å². The molecule has 1 aliphatic rings. The summed E-state index contributed by atoms with van der Waals surface area (Å²) in [6.07, 6.45) is 1.34. The Labute approximate surface area is 96.3 Å². The second-order valence-electron chi connectivity index (χ2n) is 3.24. The maximum absolute atomic E-state index is 11.4. The molecule has 0 aromatic heterocycles. The normalized spacial score (nSPS) is 15.5. The lowest BCUT2D eigenvalue weighted by Crippen LogP contribution is -2.53. The zero-order valence-corrected chi connectivity index (χ0v) is 8.80. The zero-order chi connectivity index (χ0) is 12.8. The van der Waals surface area contributed by atoms with Crippen molar-refractivity contribution in [2.75, 3.05) is 19.6 Å². The summed E-state index contributed by atoms with van der Waals surface area (Å²) >= 11 is 0. The Morgan fingerprint density at radius 2 is 2.06 bits per heavy atom. The number of carbonyl (C=O) groups excluding carboxylic acids is 3. The first-order valence-corrected chi connectivity index (χ1v) is 4.76. The van der Waals surface area contributed by atoms with Gasteiger partial charge in [-0.3, -0.25) is 14.9 Å². The highest BCUT2D eigenvalue weighted by molar-refractivity contribution is 6.03. The van der Waals surface area contributed by atoms with Crippen LogP contribution in [0.3, 0.4) is 0 Å². The molecule has 8 nitrogen and oxygen atoms in total. The fourth-order valence-corrected chi connectivity index (χ4v) is 1.19. The van der Waals surface area contributed by atoms with Gasteiger partial charge in [0.2, 0.25) is 5.91 Å². The summed E-state index contributed by atoms with van der Waals surface area (Å²) < 4.78 is 0. The second-order valence-corrected chi connectivity index (χ2v) is 3.24. The number of carboxylic acid groups (broad SMARTS) is 1. The first kappa shape index (κ1) is 12.7. The van der Waals surface area contributed by atoms with Crippen molar-refractivity contribution in [1.29, 1.82) is 0 Å². The molecule has 4 amide bonds. The van der Waals surface area contributed by atoms with Crippen LogP contribution in [0.1, 0.15) is 0 Å². The molecular formula is C9H11N3O5. The molecule has 0 saturated carbocycles. The molecule has 1 fully saturated rings. The number of carboxylic acids is 1. The Morgan fingerprint density at radius 3 is 2.65 bits per heavy atom. The Balaban J connectivity index is 2.45. The van der Waals surface area contributed by atoms with Gasteiger partial charge in [-0.25, -0.2) is 9.59 Å². The quantitative estimate of drug-likeness (QED) is 0.498. The number of hydrogen-bond acceptors (Lipinski definition) is 4. The van der Waals surface area contributed by atoms with Gasteiger partial charge in [-0.05, 0) is 0 Å². The molecule has 0 radical (unpaired) electrons. The third-order valence-corrected chi connectivity index (χ3v) is 1.93. The molecule has 3 N–H and O–H groups in total. The Hall–Kier alpha value is -2.38. The van der Waals surface area contributed by atoms with Crippen molar-refractivity contribution in [3.63, 3.8) is 0 Å². The van der Waals surface area contributed by atoms with Crippen molar-refractivity contribution in [2.24, 2.45) is 0 Å². The van der Waals surface area contributed by atoms with Crippen molar-refractivity contribution in [3.8, 4) is 0 Å². The molecule has 0 aromatic rings. The minimum atomic E-state index is -1.29. The first-order valence-electron chi connectivity index (χ1n) is 4.76. The van der Waals surface area contributed by atoms with Gasteiger partial charge in [-0.1, -0.05) is 0 Å². The topological polar surface area (TPSA) is 116 Å². The van der Waals surface area contributed by atoms with E-state index in [1.54, 1.807) is 0 Å². The van der Waals surface area contributed by atoms with E-state index in [9.17, 15) is 19.2 Å². The van der Waals surface area contributed by atoms with Crippen LogP contribution >= 0.6 is 0 Å². The van der Waals surface area contributed by atoms with Gasteiger partial charge in [0.1, 0.15) is 6.54 Å². The largest absolute Gasteiger partial charge is 0.478 e. The summed E-state index contributed by atoms with van der Waals surface area (Å²) in [6, 6.07) is -0.722. The van der Waals surface area contributed by atoms with E-state index in [1.165, 1.54) is 0 Å². The second kappa shape index (κ2) is 5.64. The number of aliphatic carboxylic acids is 1. The summed E-state index contributed by atoms with van der Waals surface area (Å²) in [4.78, 5) is 44.8. The molecule has 0 atom stereocenters. The number of urea groups is 1. The SMILES string of the molecule is O=C(O)/C=C/C(=O)NC(=O)N1CCNC(=O)C1. The molecule has 1 aliphatic heterocycles. The smallest absolute Gasteiger partial charge is 0.328 e. The molecule has 1 heterocycles. The number of amides is 4. The van der Waals surface area contributed by atoms with E-state index in [-0.39, 0.29) is 12.5 Å². The summed E-state index contributed by atoms with van der Waals surface area (Å²) in [6.45, 7) is 0.501. The van der Waals surface area contributed by atoms with Gasteiger partial charge >= 0.3 is 12.0 Å². The zero-order valence-electron chi connectivity index (χ0n) is 8.80. The van der Waals surface area contributed by atoms with Crippen LogP contribution < -0.4 is 10.6 Å². The molecular weight excluding hydrogens is 230 g/mol. The average molecular weight is 241 g/mol. The molecule has 0 aliphatic carbocycles. The highest BCUT2D eigenvalue weighted by atomic mass is 16.4. The summed E-state index contributed by atoms with van der Waals surface area (Å²) in [5.41, 5.74) is 0. The number of hydrogen-bond donors (Lipinski definition) is 3. The van der Waals surface area contributed by atoms with E-state index in [2.05, 4.69) is 5.32 Å². The molecule has 0 spiro atoms. The van der Waals surface area contributed by atoms with Crippen LogP contribution in [0, 0.1) is 0 Å². The molecule has 0 unspecified atom stereocenters. The van der Waals surface area contributed by atoms with Crippen molar-refractivity contribution in [2.45, 2.75) is 0 Å². The highest BCUT2D eigenvalue weighted by Gasteiger charge is 2.21. The lowest BCUT2D eigenvalue weighted by atomic mass is 10.4. The third kappa shape index (κ3) is 4.33. The highest BCUT2D eigenvalue weighted by Crippen LogP contribution is 1.94. The number of nitrogens with zero attached hydrogens (tertiary/aromatic N) is 1. The van der Waals surface area contributed by atoms with Gasteiger partial charge in [0.25, 0.3) is 5.91 Å². The Bertz CT molecular complexity index is 390. The fourth-order valence-electron chi connectivity index (χ4n) is 1.19. The van der Waals surface area contributed by atoms with Gasteiger partial charge in [0.05, 0.1) is 0 Å². The van der Waals surface area contributed by atoms with Crippen LogP contribution in [-0.2, 0) is 14.4 Å². The van der Waals surface area contributed by atoms with Crippen LogP contribution in [0.15, 0.2) is 12.2 Å². The van der Waals surface area contributed by atoms with Gasteiger partial charge in [-0.15, -0.1) is 0 Å². The van der Waals surface area contributed by atoms with Crippen molar-refractivity contribution in [1.82, 2.24) is 15.5 Å². The molecule has 0 aromatic carbocycles. The van der Waals surface area contributed by atoms with Gasteiger partial charge in [0.15, 0.2) is 0 Å². The van der Waals surface area contributed by atoms with Crippen molar-refractivity contribution < 1.29 is 24.3 Å². The number of imide groups is 1. The van der Waals surface area contributed by atoms with Crippen molar-refractivity contribution >= 4 is 23.8 Å². The summed E-state index contributed by atoms with van der Waals surface area (Å²) in [5.74, 6) is -2.44. The third-order valence-electron chi connectivity index (χ3n) is 1.93. The van der Waals surface area contributed by atoms with Crippen LogP contribution in [-0.4, -0.2) is 53.5 Å². The van der Waals surface area contributed by atoms with Crippen LogP contribution in [0.2, 0.25) is 0 Å². The number of carbonyl (C=O) groups is 4. The van der Waals surface area contributed by atoms with Crippen LogP contribution in [0.5, 0.6) is 0 Å². The molecule has 17 heavy (non-hydrogen) atoms. The lowest BCUT2D eigenvalue weighted by Gasteiger charge is -2.26. The minimum absolute atomic E-state index is 0.123. The van der Waals surface area contributed by atoms with Gasteiger partial charge < -0.3 is 15.3 Å². The van der Waals surface area contributed by atoms with Gasteiger partial charge in [0, 0.05) is 25.2 Å². The van der Waals surface area contributed by atoms with Crippen LogP contribution in [0.4, 0.5) is 4.79 Å². The average Bonchev–Trinajstić information content (AvgIpc) is 2.26. The van der Waals surface area contributed by atoms with E-state index >= 15 is 0 Å². The monoisotopic (exact) mass is 241 g/mol. The van der Waals surface area contributed by atoms with E-state index in [4.69, 9.17) is 5.11 Å². The summed E-state index contributed by atoms with van der Waals surface area (Å²) in [7, 11) is 0. The molecule has 0 bridgehead atoms. The number of nitrogens with one attached hydrogen (secondary N) is 2. The Kier molecular flexibility index (Phi) is 4.21. The molecule has 1 rings (SSSR count). The molecule has 8 heteroatoms. The molecule has 92 valence electrons. The Morgan fingerprint density at radius 1 is 1.35 bits per heavy atom. The van der Waals surface area contributed by atoms with E-state index < -0.39 is 17.9 Å². The van der Waals surface area contributed by atoms with Gasteiger partial charge in [-0.2, -0.15) is 0 Å².